The lowest BCUT2D eigenvalue weighted by molar-refractivity contribution is -0.123. The largest absolute Gasteiger partial charge is 0.497 e. The first kappa shape index (κ1) is 24.5. The number of sulfonamides is 1. The van der Waals surface area contributed by atoms with E-state index in [4.69, 9.17) is 9.47 Å². The fourth-order valence-corrected chi connectivity index (χ4v) is 4.48. The molecule has 0 aliphatic carbocycles. The highest BCUT2D eigenvalue weighted by atomic mass is 32.2. The van der Waals surface area contributed by atoms with Crippen molar-refractivity contribution in [1.29, 1.82) is 0 Å². The summed E-state index contributed by atoms with van der Waals surface area (Å²) < 4.78 is 38.4. The molecule has 7 nitrogen and oxygen atoms in total. The van der Waals surface area contributed by atoms with Crippen molar-refractivity contribution in [2.45, 2.75) is 22.8 Å². The predicted molar refractivity (Wildman–Crippen MR) is 131 cm³/mol. The summed E-state index contributed by atoms with van der Waals surface area (Å²) in [6.07, 6.45) is 2.01. The Kier molecular flexibility index (Phi) is 8.24. The van der Waals surface area contributed by atoms with Gasteiger partial charge in [-0.1, -0.05) is 18.2 Å². The summed E-state index contributed by atoms with van der Waals surface area (Å²) in [4.78, 5) is 13.5. The van der Waals surface area contributed by atoms with Crippen LogP contribution in [0.1, 0.15) is 18.5 Å². The third-order valence-electron chi connectivity index (χ3n) is 4.82. The molecule has 2 N–H and O–H groups in total. The predicted octanol–water partition coefficient (Wildman–Crippen LogP) is 4.47. The number of hydrogen-bond acceptors (Lipinski definition) is 6. The standard InChI is InChI=1S/C24H26N2O5S2/c1-17(18-7-11-22(32-3)12-8-18)25-24(27)16-31-20-9-13-23(14-10-20)33(28,29)26-19-5-4-6-21(15-19)30-2/h4-15,17,26H,16H2,1-3H3,(H,25,27)/t17-/m0/s1. The average Bonchev–Trinajstić information content (AvgIpc) is 2.83. The van der Waals surface area contributed by atoms with Crippen molar-refractivity contribution in [1.82, 2.24) is 5.32 Å². The Hall–Kier alpha value is -3.17. The number of amides is 1. The Morgan fingerprint density at radius 2 is 1.70 bits per heavy atom. The molecule has 0 aliphatic heterocycles. The molecule has 0 aromatic heterocycles. The van der Waals surface area contributed by atoms with E-state index in [1.165, 1.54) is 31.4 Å². The summed E-state index contributed by atoms with van der Waals surface area (Å²) in [5.41, 5.74) is 1.39. The van der Waals surface area contributed by atoms with Crippen molar-refractivity contribution in [3.63, 3.8) is 0 Å². The molecule has 0 radical (unpaired) electrons. The van der Waals surface area contributed by atoms with Crippen molar-refractivity contribution in [3.8, 4) is 11.5 Å². The third kappa shape index (κ3) is 6.90. The summed E-state index contributed by atoms with van der Waals surface area (Å²) in [5.74, 6) is 0.666. The van der Waals surface area contributed by atoms with E-state index in [0.717, 1.165) is 10.5 Å². The first-order chi connectivity index (χ1) is 15.8. The molecule has 0 saturated carbocycles. The zero-order chi connectivity index (χ0) is 23.8. The molecule has 3 aromatic rings. The van der Waals surface area contributed by atoms with E-state index in [1.54, 1.807) is 36.0 Å². The zero-order valence-electron chi connectivity index (χ0n) is 18.6. The molecule has 3 rings (SSSR count). The Labute approximate surface area is 198 Å². The van der Waals surface area contributed by atoms with Crippen LogP contribution in [0.4, 0.5) is 5.69 Å². The molecular weight excluding hydrogens is 460 g/mol. The second-order valence-corrected chi connectivity index (χ2v) is 9.72. The maximum Gasteiger partial charge on any atom is 0.261 e. The molecule has 1 amide bonds. The van der Waals surface area contributed by atoms with Crippen LogP contribution in [0.3, 0.4) is 0 Å². The maximum atomic E-state index is 12.6. The van der Waals surface area contributed by atoms with Gasteiger partial charge in [0, 0.05) is 11.0 Å². The van der Waals surface area contributed by atoms with Gasteiger partial charge >= 0.3 is 0 Å². The molecule has 3 aromatic carbocycles. The summed E-state index contributed by atoms with van der Waals surface area (Å²) in [7, 11) is -2.27. The molecule has 33 heavy (non-hydrogen) atoms. The fourth-order valence-electron chi connectivity index (χ4n) is 3.02. The molecule has 0 heterocycles. The van der Waals surface area contributed by atoms with Gasteiger partial charge in [-0.05, 0) is 67.3 Å². The van der Waals surface area contributed by atoms with Crippen molar-refractivity contribution < 1.29 is 22.7 Å². The van der Waals surface area contributed by atoms with Crippen molar-refractivity contribution >= 4 is 33.4 Å². The smallest absolute Gasteiger partial charge is 0.261 e. The van der Waals surface area contributed by atoms with Crippen LogP contribution in [0.2, 0.25) is 0 Å². The molecule has 1 atom stereocenters. The Balaban J connectivity index is 1.54. The monoisotopic (exact) mass is 486 g/mol. The van der Waals surface area contributed by atoms with Crippen LogP contribution in [0.25, 0.3) is 0 Å². The zero-order valence-corrected chi connectivity index (χ0v) is 20.2. The number of nitrogens with one attached hydrogen (secondary N) is 2. The van der Waals surface area contributed by atoms with Crippen LogP contribution in [-0.4, -0.2) is 34.3 Å². The van der Waals surface area contributed by atoms with E-state index >= 15 is 0 Å². The summed E-state index contributed by atoms with van der Waals surface area (Å²) in [5, 5.41) is 2.89. The molecule has 174 valence electrons. The van der Waals surface area contributed by atoms with Crippen molar-refractivity contribution in [2.75, 3.05) is 24.7 Å². The lowest BCUT2D eigenvalue weighted by atomic mass is 10.1. The van der Waals surface area contributed by atoms with Gasteiger partial charge in [0.25, 0.3) is 15.9 Å². The summed E-state index contributed by atoms with van der Waals surface area (Å²) >= 11 is 1.66. The molecule has 0 bridgehead atoms. The maximum absolute atomic E-state index is 12.6. The minimum atomic E-state index is -3.78. The number of ether oxygens (including phenoxy) is 2. The van der Waals surface area contributed by atoms with Crippen molar-refractivity contribution in [3.05, 3.63) is 78.4 Å². The van der Waals surface area contributed by atoms with E-state index in [-0.39, 0.29) is 23.5 Å². The van der Waals surface area contributed by atoms with E-state index < -0.39 is 10.0 Å². The van der Waals surface area contributed by atoms with Crippen LogP contribution in [0, 0.1) is 0 Å². The number of carbonyl (C=O) groups excluding carboxylic acids is 1. The number of thioether (sulfide) groups is 1. The topological polar surface area (TPSA) is 93.7 Å². The van der Waals surface area contributed by atoms with Gasteiger partial charge in [0.05, 0.1) is 23.7 Å². The second kappa shape index (κ2) is 11.1. The van der Waals surface area contributed by atoms with Gasteiger partial charge in [0.2, 0.25) is 0 Å². The van der Waals surface area contributed by atoms with Gasteiger partial charge in [-0.2, -0.15) is 0 Å². The van der Waals surface area contributed by atoms with Gasteiger partial charge in [0.1, 0.15) is 11.5 Å². The van der Waals surface area contributed by atoms with Gasteiger partial charge in [0.15, 0.2) is 6.61 Å². The van der Waals surface area contributed by atoms with Crippen LogP contribution < -0.4 is 19.5 Å². The number of hydrogen-bond donors (Lipinski definition) is 2. The van der Waals surface area contributed by atoms with Gasteiger partial charge in [-0.3, -0.25) is 9.52 Å². The second-order valence-electron chi connectivity index (χ2n) is 7.16. The first-order valence-corrected chi connectivity index (χ1v) is 12.8. The highest BCUT2D eigenvalue weighted by Crippen LogP contribution is 2.22. The lowest BCUT2D eigenvalue weighted by Crippen LogP contribution is -2.31. The first-order valence-electron chi connectivity index (χ1n) is 10.1. The SMILES string of the molecule is COc1cccc(NS(=O)(=O)c2ccc(OCC(=O)N[C@@H](C)c3ccc(SC)cc3)cc2)c1. The van der Waals surface area contributed by atoms with Crippen LogP contribution in [0.5, 0.6) is 11.5 Å². The molecule has 0 fully saturated rings. The fraction of sp³-hybridized carbons (Fsp3) is 0.208. The molecule has 0 aliphatic rings. The number of benzene rings is 3. The minimum Gasteiger partial charge on any atom is -0.497 e. The highest BCUT2D eigenvalue weighted by molar-refractivity contribution is 7.98. The van der Waals surface area contributed by atoms with Crippen LogP contribution in [0.15, 0.2) is 82.6 Å². The van der Waals surface area contributed by atoms with E-state index in [9.17, 15) is 13.2 Å². The number of methoxy groups -OCH3 is 1. The number of carbonyl (C=O) groups is 1. The molecule has 0 spiro atoms. The molecular formula is C24H26N2O5S2. The Bertz CT molecular complexity index is 1180. The number of anilines is 1. The third-order valence-corrected chi connectivity index (χ3v) is 6.96. The molecule has 0 unspecified atom stereocenters. The van der Waals surface area contributed by atoms with Crippen LogP contribution in [-0.2, 0) is 14.8 Å². The van der Waals surface area contributed by atoms with E-state index in [2.05, 4.69) is 10.0 Å². The summed E-state index contributed by atoms with van der Waals surface area (Å²) in [6, 6.07) is 20.3. The highest BCUT2D eigenvalue weighted by Gasteiger charge is 2.15. The molecule has 0 saturated heterocycles. The number of rotatable bonds is 10. The quantitative estimate of drug-likeness (QED) is 0.411. The Morgan fingerprint density at radius 3 is 2.33 bits per heavy atom. The average molecular weight is 487 g/mol. The van der Waals surface area contributed by atoms with Crippen LogP contribution >= 0.6 is 11.8 Å². The van der Waals surface area contributed by atoms with Gasteiger partial charge in [-0.15, -0.1) is 11.8 Å². The molecule has 9 heteroatoms. The Morgan fingerprint density at radius 1 is 1.00 bits per heavy atom. The van der Waals surface area contributed by atoms with E-state index in [1.807, 2.05) is 37.4 Å². The van der Waals surface area contributed by atoms with Gasteiger partial charge in [-0.25, -0.2) is 8.42 Å². The lowest BCUT2D eigenvalue weighted by Gasteiger charge is -2.15. The van der Waals surface area contributed by atoms with Gasteiger partial charge < -0.3 is 14.8 Å². The summed E-state index contributed by atoms with van der Waals surface area (Å²) in [6.45, 7) is 1.72. The van der Waals surface area contributed by atoms with E-state index in [0.29, 0.717) is 17.2 Å². The minimum absolute atomic E-state index is 0.0735. The van der Waals surface area contributed by atoms with Crippen molar-refractivity contribution in [2.24, 2.45) is 0 Å². The normalized spacial score (nSPS) is 12.0.